The second-order valence-electron chi connectivity index (χ2n) is 3.56. The van der Waals surface area contributed by atoms with Gasteiger partial charge in [0.25, 0.3) is 0 Å². The van der Waals surface area contributed by atoms with E-state index in [2.05, 4.69) is 6.07 Å². The molecule has 0 spiro atoms. The zero-order valence-corrected chi connectivity index (χ0v) is 9.05. The first-order valence-electron chi connectivity index (χ1n) is 5.04. The highest BCUT2D eigenvalue weighted by Crippen LogP contribution is 2.20. The molecule has 0 N–H and O–H groups in total. The van der Waals surface area contributed by atoms with Gasteiger partial charge in [-0.2, -0.15) is 5.26 Å². The van der Waals surface area contributed by atoms with Crippen molar-refractivity contribution < 1.29 is 4.42 Å². The van der Waals surface area contributed by atoms with Gasteiger partial charge in [0, 0.05) is 7.05 Å². The smallest absolute Gasteiger partial charge is 0.123 e. The van der Waals surface area contributed by atoms with E-state index < -0.39 is 0 Å². The highest BCUT2D eigenvalue weighted by atomic mass is 16.3. The standard InChI is InChI=1S/C13H12N2O/c1-15(10-12-6-4-8-16-12)13-7-3-2-5-11(13)9-14/h2-8H,10H2,1H3. The maximum atomic E-state index is 8.99. The van der Waals surface area contributed by atoms with Crippen LogP contribution in [0.2, 0.25) is 0 Å². The second-order valence-corrected chi connectivity index (χ2v) is 3.56. The minimum Gasteiger partial charge on any atom is -0.467 e. The molecule has 0 aliphatic heterocycles. The summed E-state index contributed by atoms with van der Waals surface area (Å²) in [5.41, 5.74) is 1.60. The Bertz CT molecular complexity index is 497. The summed E-state index contributed by atoms with van der Waals surface area (Å²) in [6.07, 6.45) is 1.65. The van der Waals surface area contributed by atoms with Gasteiger partial charge >= 0.3 is 0 Å². The van der Waals surface area contributed by atoms with E-state index >= 15 is 0 Å². The van der Waals surface area contributed by atoms with Crippen LogP contribution in [0.15, 0.2) is 47.1 Å². The molecule has 2 aromatic rings. The number of para-hydroxylation sites is 1. The summed E-state index contributed by atoms with van der Waals surface area (Å²) in [4.78, 5) is 2.00. The number of nitriles is 1. The third-order valence-corrected chi connectivity index (χ3v) is 2.41. The van der Waals surface area contributed by atoms with E-state index in [0.717, 1.165) is 11.4 Å². The van der Waals surface area contributed by atoms with Crippen LogP contribution in [0.25, 0.3) is 0 Å². The van der Waals surface area contributed by atoms with Crippen molar-refractivity contribution >= 4 is 5.69 Å². The first kappa shape index (κ1) is 10.3. The first-order valence-corrected chi connectivity index (χ1v) is 5.04. The molecule has 80 valence electrons. The van der Waals surface area contributed by atoms with E-state index in [1.165, 1.54) is 0 Å². The van der Waals surface area contributed by atoms with Crippen LogP contribution in [0.5, 0.6) is 0 Å². The Labute approximate surface area is 94.5 Å². The highest BCUT2D eigenvalue weighted by molar-refractivity contribution is 5.58. The fourth-order valence-electron chi connectivity index (χ4n) is 1.62. The van der Waals surface area contributed by atoms with Crippen molar-refractivity contribution in [1.82, 2.24) is 0 Å². The molecule has 0 radical (unpaired) electrons. The molecule has 0 fully saturated rings. The molecule has 2 rings (SSSR count). The summed E-state index contributed by atoms with van der Waals surface area (Å²) in [5.74, 6) is 0.884. The van der Waals surface area contributed by atoms with Gasteiger partial charge in [-0.15, -0.1) is 0 Å². The zero-order chi connectivity index (χ0) is 11.4. The van der Waals surface area contributed by atoms with Crippen LogP contribution in [0.1, 0.15) is 11.3 Å². The van der Waals surface area contributed by atoms with Crippen LogP contribution in [-0.2, 0) is 6.54 Å². The predicted molar refractivity (Wildman–Crippen MR) is 62.0 cm³/mol. The third kappa shape index (κ3) is 2.06. The quantitative estimate of drug-likeness (QED) is 0.785. The Morgan fingerprint density at radius 1 is 1.25 bits per heavy atom. The van der Waals surface area contributed by atoms with Crippen molar-refractivity contribution in [1.29, 1.82) is 5.26 Å². The van der Waals surface area contributed by atoms with E-state index in [-0.39, 0.29) is 0 Å². The second kappa shape index (κ2) is 4.54. The number of rotatable bonds is 3. The largest absolute Gasteiger partial charge is 0.467 e. The summed E-state index contributed by atoms with van der Waals surface area (Å²) in [7, 11) is 1.94. The molecule has 1 heterocycles. The van der Waals surface area contributed by atoms with Crippen LogP contribution in [-0.4, -0.2) is 7.05 Å². The molecular weight excluding hydrogens is 200 g/mol. The van der Waals surface area contributed by atoms with Crippen molar-refractivity contribution in [3.05, 3.63) is 54.0 Å². The summed E-state index contributed by atoms with van der Waals surface area (Å²) < 4.78 is 5.27. The summed E-state index contributed by atoms with van der Waals surface area (Å²) >= 11 is 0. The van der Waals surface area contributed by atoms with Crippen LogP contribution in [0.4, 0.5) is 5.69 Å². The van der Waals surface area contributed by atoms with Crippen molar-refractivity contribution in [2.24, 2.45) is 0 Å². The number of hydrogen-bond acceptors (Lipinski definition) is 3. The fourth-order valence-corrected chi connectivity index (χ4v) is 1.62. The van der Waals surface area contributed by atoms with E-state index in [4.69, 9.17) is 9.68 Å². The van der Waals surface area contributed by atoms with E-state index in [0.29, 0.717) is 12.1 Å². The van der Waals surface area contributed by atoms with Crippen LogP contribution in [0, 0.1) is 11.3 Å². The molecule has 0 unspecified atom stereocenters. The van der Waals surface area contributed by atoms with Gasteiger partial charge in [-0.25, -0.2) is 0 Å². The molecule has 0 aliphatic carbocycles. The summed E-state index contributed by atoms with van der Waals surface area (Å²) in [5, 5.41) is 8.99. The van der Waals surface area contributed by atoms with Crippen molar-refractivity contribution in [2.45, 2.75) is 6.54 Å². The highest BCUT2D eigenvalue weighted by Gasteiger charge is 2.07. The summed E-state index contributed by atoms with van der Waals surface area (Å²) in [6.45, 7) is 0.658. The van der Waals surface area contributed by atoms with Gasteiger partial charge in [-0.3, -0.25) is 0 Å². The predicted octanol–water partition coefficient (Wildman–Crippen LogP) is 2.79. The van der Waals surface area contributed by atoms with Crippen molar-refractivity contribution in [3.63, 3.8) is 0 Å². The first-order chi connectivity index (χ1) is 7.81. The summed E-state index contributed by atoms with van der Waals surface area (Å²) in [6, 6.07) is 13.5. The van der Waals surface area contributed by atoms with E-state index in [1.54, 1.807) is 6.26 Å². The van der Waals surface area contributed by atoms with Gasteiger partial charge in [0.1, 0.15) is 11.8 Å². The Morgan fingerprint density at radius 3 is 2.75 bits per heavy atom. The average Bonchev–Trinajstić information content (AvgIpc) is 2.81. The lowest BCUT2D eigenvalue weighted by Crippen LogP contribution is -2.16. The van der Waals surface area contributed by atoms with Crippen LogP contribution >= 0.6 is 0 Å². The Balaban J connectivity index is 2.21. The number of furan rings is 1. The van der Waals surface area contributed by atoms with E-state index in [9.17, 15) is 0 Å². The molecule has 0 saturated carbocycles. The third-order valence-electron chi connectivity index (χ3n) is 2.41. The minimum absolute atomic E-state index is 0.658. The number of nitrogens with zero attached hydrogens (tertiary/aromatic N) is 2. The van der Waals surface area contributed by atoms with Gasteiger partial charge in [0.15, 0.2) is 0 Å². The zero-order valence-electron chi connectivity index (χ0n) is 9.05. The molecule has 0 aliphatic rings. The van der Waals surface area contributed by atoms with Gasteiger partial charge in [-0.05, 0) is 24.3 Å². The molecule has 1 aromatic heterocycles. The monoisotopic (exact) mass is 212 g/mol. The van der Waals surface area contributed by atoms with E-state index in [1.807, 2.05) is 48.3 Å². The molecule has 3 heteroatoms. The molecule has 0 bridgehead atoms. The average molecular weight is 212 g/mol. The van der Waals surface area contributed by atoms with Gasteiger partial charge in [0.2, 0.25) is 0 Å². The van der Waals surface area contributed by atoms with Crippen molar-refractivity contribution in [3.8, 4) is 6.07 Å². The molecule has 0 atom stereocenters. The number of benzene rings is 1. The fraction of sp³-hybridized carbons (Fsp3) is 0.154. The Hall–Kier alpha value is -2.21. The normalized spacial score (nSPS) is 9.75. The molecular formula is C13H12N2O. The van der Waals surface area contributed by atoms with Gasteiger partial charge < -0.3 is 9.32 Å². The maximum Gasteiger partial charge on any atom is 0.123 e. The SMILES string of the molecule is CN(Cc1ccco1)c1ccccc1C#N. The minimum atomic E-state index is 0.658. The molecule has 1 aromatic carbocycles. The van der Waals surface area contributed by atoms with Crippen molar-refractivity contribution in [2.75, 3.05) is 11.9 Å². The Kier molecular flexibility index (Phi) is 2.93. The van der Waals surface area contributed by atoms with Crippen LogP contribution < -0.4 is 4.90 Å². The van der Waals surface area contributed by atoms with Gasteiger partial charge in [0.05, 0.1) is 24.1 Å². The molecule has 16 heavy (non-hydrogen) atoms. The number of hydrogen-bond donors (Lipinski definition) is 0. The number of anilines is 1. The molecule has 0 amide bonds. The van der Waals surface area contributed by atoms with Gasteiger partial charge in [-0.1, -0.05) is 12.1 Å². The topological polar surface area (TPSA) is 40.2 Å². The lowest BCUT2D eigenvalue weighted by atomic mass is 10.2. The Morgan fingerprint density at radius 2 is 2.06 bits per heavy atom. The van der Waals surface area contributed by atoms with Crippen LogP contribution in [0.3, 0.4) is 0 Å². The molecule has 0 saturated heterocycles. The lowest BCUT2D eigenvalue weighted by molar-refractivity contribution is 0.507. The lowest BCUT2D eigenvalue weighted by Gasteiger charge is -2.18. The maximum absolute atomic E-state index is 8.99. The molecule has 3 nitrogen and oxygen atoms in total.